The first kappa shape index (κ1) is 20.8. The quantitative estimate of drug-likeness (QED) is 0.705. The number of imidazole rings is 1. The van der Waals surface area contributed by atoms with Gasteiger partial charge < -0.3 is 15.3 Å². The van der Waals surface area contributed by atoms with Gasteiger partial charge in [-0.2, -0.15) is 0 Å². The summed E-state index contributed by atoms with van der Waals surface area (Å²) in [5.41, 5.74) is 0.941. The van der Waals surface area contributed by atoms with Crippen LogP contribution in [0, 0.1) is 5.92 Å². The van der Waals surface area contributed by atoms with E-state index in [0.29, 0.717) is 49.5 Å². The van der Waals surface area contributed by atoms with Gasteiger partial charge in [-0.3, -0.25) is 14.0 Å². The summed E-state index contributed by atoms with van der Waals surface area (Å²) in [6, 6.07) is 5.40. The summed E-state index contributed by atoms with van der Waals surface area (Å²) < 4.78 is 1.73. The third-order valence-corrected chi connectivity index (χ3v) is 5.07. The maximum Gasteiger partial charge on any atom is 0.274 e. The van der Waals surface area contributed by atoms with Gasteiger partial charge in [0.25, 0.3) is 5.91 Å². The fourth-order valence-electron chi connectivity index (χ4n) is 3.45. The molecule has 154 valence electrons. The van der Waals surface area contributed by atoms with Crippen molar-refractivity contribution in [1.82, 2.24) is 14.3 Å². The van der Waals surface area contributed by atoms with Crippen molar-refractivity contribution < 1.29 is 14.7 Å². The van der Waals surface area contributed by atoms with E-state index in [1.807, 2.05) is 19.1 Å². The van der Waals surface area contributed by atoms with Crippen LogP contribution < -0.4 is 5.32 Å². The molecule has 0 bridgehead atoms. The van der Waals surface area contributed by atoms with Gasteiger partial charge in [-0.1, -0.05) is 37.8 Å². The highest BCUT2D eigenvalue weighted by Crippen LogP contribution is 2.18. The van der Waals surface area contributed by atoms with E-state index in [1.165, 1.54) is 0 Å². The second-order valence-electron chi connectivity index (χ2n) is 7.55. The lowest BCUT2D eigenvalue weighted by Gasteiger charge is -2.28. The molecule has 2 N–H and O–H groups in total. The number of aromatic nitrogens is 2. The number of allylic oxidation sites excluding steroid dienone is 3. The number of amides is 2. The number of piperidine rings is 1. The van der Waals surface area contributed by atoms with Crippen LogP contribution in [0.4, 0.5) is 5.82 Å². The highest BCUT2D eigenvalue weighted by molar-refractivity contribution is 5.94. The topological polar surface area (TPSA) is 86.9 Å². The normalized spacial score (nSPS) is 16.3. The molecule has 1 fully saturated rings. The number of rotatable bonds is 7. The number of hydrogen-bond donors (Lipinski definition) is 2. The molecular weight excluding hydrogens is 368 g/mol. The molecule has 3 rings (SSSR count). The fraction of sp³-hybridized carbons (Fsp3) is 0.409. The van der Waals surface area contributed by atoms with Gasteiger partial charge in [0.1, 0.15) is 17.2 Å². The Morgan fingerprint density at radius 3 is 2.86 bits per heavy atom. The Morgan fingerprint density at radius 1 is 1.38 bits per heavy atom. The summed E-state index contributed by atoms with van der Waals surface area (Å²) in [4.78, 5) is 31.3. The van der Waals surface area contributed by atoms with E-state index >= 15 is 0 Å². The van der Waals surface area contributed by atoms with Crippen LogP contribution in [0.2, 0.25) is 0 Å². The number of hydrogen-bond acceptors (Lipinski definition) is 4. The van der Waals surface area contributed by atoms with E-state index in [9.17, 15) is 14.7 Å². The van der Waals surface area contributed by atoms with Crippen LogP contribution in [-0.2, 0) is 4.79 Å². The van der Waals surface area contributed by atoms with E-state index in [4.69, 9.17) is 0 Å². The lowest BCUT2D eigenvalue weighted by atomic mass is 10.0. The molecule has 1 atom stereocenters. The number of aliphatic hydroxyl groups is 1. The largest absolute Gasteiger partial charge is 0.393 e. The Balaban J connectivity index is 1.69. The molecule has 0 aliphatic carbocycles. The monoisotopic (exact) mass is 396 g/mol. The van der Waals surface area contributed by atoms with Gasteiger partial charge in [-0.05, 0) is 37.3 Å². The molecule has 0 aromatic carbocycles. The minimum absolute atomic E-state index is 0.0800. The highest BCUT2D eigenvalue weighted by atomic mass is 16.3. The van der Waals surface area contributed by atoms with Gasteiger partial charge in [0.15, 0.2) is 0 Å². The summed E-state index contributed by atoms with van der Waals surface area (Å²) in [7, 11) is 0. The van der Waals surface area contributed by atoms with Crippen LogP contribution in [0.25, 0.3) is 5.65 Å². The molecular formula is C22H28N4O3. The summed E-state index contributed by atoms with van der Waals surface area (Å²) in [6.45, 7) is 6.71. The molecule has 1 aliphatic heterocycles. The third kappa shape index (κ3) is 5.32. The summed E-state index contributed by atoms with van der Waals surface area (Å²) >= 11 is 0. The SMILES string of the molecule is C=C/C=C\CC(C)CC(=O)Nc1cccc2nc(C(=O)N3CCC(O)CC3)cn12. The smallest absolute Gasteiger partial charge is 0.274 e. The van der Waals surface area contributed by atoms with Crippen molar-refractivity contribution in [2.24, 2.45) is 5.92 Å². The van der Waals surface area contributed by atoms with E-state index < -0.39 is 0 Å². The molecule has 1 aliphatic rings. The van der Waals surface area contributed by atoms with Crippen LogP contribution in [0.1, 0.15) is 43.1 Å². The maximum atomic E-state index is 12.7. The molecule has 1 unspecified atom stereocenters. The lowest BCUT2D eigenvalue weighted by Crippen LogP contribution is -2.40. The first-order chi connectivity index (χ1) is 14.0. The number of carbonyl (C=O) groups excluding carboxylic acids is 2. The Hall–Kier alpha value is -2.93. The van der Waals surface area contributed by atoms with Crippen molar-refractivity contribution in [2.75, 3.05) is 18.4 Å². The van der Waals surface area contributed by atoms with Crippen molar-refractivity contribution in [2.45, 2.75) is 38.7 Å². The summed E-state index contributed by atoms with van der Waals surface area (Å²) in [6.07, 6.45) is 9.29. The molecule has 1 saturated heterocycles. The Bertz CT molecular complexity index is 910. The number of nitrogens with one attached hydrogen (secondary N) is 1. The second-order valence-corrected chi connectivity index (χ2v) is 7.55. The van der Waals surface area contributed by atoms with Crippen molar-refractivity contribution in [1.29, 1.82) is 0 Å². The van der Waals surface area contributed by atoms with E-state index in [2.05, 4.69) is 16.9 Å². The molecule has 7 heteroatoms. The number of fused-ring (bicyclic) bond motifs is 1. The Morgan fingerprint density at radius 2 is 2.14 bits per heavy atom. The van der Waals surface area contributed by atoms with Gasteiger partial charge in [0.05, 0.1) is 6.10 Å². The molecule has 3 heterocycles. The van der Waals surface area contributed by atoms with Crippen molar-refractivity contribution in [3.8, 4) is 0 Å². The first-order valence-electron chi connectivity index (χ1n) is 10.0. The molecule has 7 nitrogen and oxygen atoms in total. The fourth-order valence-corrected chi connectivity index (χ4v) is 3.45. The van der Waals surface area contributed by atoms with Crippen molar-refractivity contribution in [3.63, 3.8) is 0 Å². The van der Waals surface area contributed by atoms with Crippen molar-refractivity contribution >= 4 is 23.3 Å². The maximum absolute atomic E-state index is 12.7. The second kappa shape index (κ2) is 9.52. The number of likely N-dealkylation sites (tertiary alicyclic amines) is 1. The van der Waals surface area contributed by atoms with Crippen LogP contribution in [0.15, 0.2) is 49.2 Å². The molecule has 0 radical (unpaired) electrons. The van der Waals surface area contributed by atoms with Crippen molar-refractivity contribution in [3.05, 3.63) is 54.9 Å². The minimum atomic E-state index is -0.336. The van der Waals surface area contributed by atoms with Crippen LogP contribution >= 0.6 is 0 Å². The molecule has 2 aromatic heterocycles. The summed E-state index contributed by atoms with van der Waals surface area (Å²) in [5.74, 6) is 0.561. The molecule has 0 spiro atoms. The zero-order valence-corrected chi connectivity index (χ0v) is 16.8. The zero-order valence-electron chi connectivity index (χ0n) is 16.8. The van der Waals surface area contributed by atoms with Gasteiger partial charge in [0.2, 0.25) is 5.91 Å². The molecule has 29 heavy (non-hydrogen) atoms. The van der Waals surface area contributed by atoms with Gasteiger partial charge in [-0.15, -0.1) is 0 Å². The third-order valence-electron chi connectivity index (χ3n) is 5.07. The average Bonchev–Trinajstić information content (AvgIpc) is 3.13. The van der Waals surface area contributed by atoms with Gasteiger partial charge in [0, 0.05) is 25.7 Å². The number of aliphatic hydroxyl groups excluding tert-OH is 1. The molecule has 0 saturated carbocycles. The average molecular weight is 396 g/mol. The number of carbonyl (C=O) groups is 2. The zero-order chi connectivity index (χ0) is 20.8. The molecule has 2 amide bonds. The Labute approximate surface area is 170 Å². The predicted molar refractivity (Wildman–Crippen MR) is 113 cm³/mol. The van der Waals surface area contributed by atoms with E-state index in [0.717, 1.165) is 6.42 Å². The molecule has 2 aromatic rings. The minimum Gasteiger partial charge on any atom is -0.393 e. The standard InChI is InChI=1S/C22H28N4O3/c1-3-4-5-7-16(2)14-21(28)24-20-9-6-8-19-23-18(15-26(19)20)22(29)25-12-10-17(27)11-13-25/h3-6,8-9,15-17,27H,1,7,10-14H2,2H3,(H,24,28)/b5-4-. The van der Waals surface area contributed by atoms with Crippen LogP contribution in [0.5, 0.6) is 0 Å². The van der Waals surface area contributed by atoms with Crippen LogP contribution in [0.3, 0.4) is 0 Å². The number of nitrogens with zero attached hydrogens (tertiary/aromatic N) is 3. The number of pyridine rings is 1. The lowest BCUT2D eigenvalue weighted by molar-refractivity contribution is -0.117. The van der Waals surface area contributed by atoms with Crippen LogP contribution in [-0.4, -0.2) is 50.4 Å². The highest BCUT2D eigenvalue weighted by Gasteiger charge is 2.24. The Kier molecular flexibility index (Phi) is 6.82. The number of anilines is 1. The predicted octanol–water partition coefficient (Wildman–Crippen LogP) is 3.03. The first-order valence-corrected chi connectivity index (χ1v) is 10.0. The van der Waals surface area contributed by atoms with E-state index in [-0.39, 0.29) is 23.8 Å². The van der Waals surface area contributed by atoms with Gasteiger partial charge in [-0.25, -0.2) is 4.98 Å². The van der Waals surface area contributed by atoms with E-state index in [1.54, 1.807) is 39.8 Å². The van der Waals surface area contributed by atoms with Gasteiger partial charge >= 0.3 is 0 Å². The summed E-state index contributed by atoms with van der Waals surface area (Å²) in [5, 5.41) is 12.6.